The van der Waals surface area contributed by atoms with Crippen LogP contribution in [0.1, 0.15) is 32.3 Å². The van der Waals surface area contributed by atoms with E-state index in [1.807, 2.05) is 13.8 Å². The number of methoxy groups -OCH3 is 1. The van der Waals surface area contributed by atoms with Crippen LogP contribution < -0.4 is 9.47 Å². The van der Waals surface area contributed by atoms with Gasteiger partial charge >= 0.3 is 11.9 Å². The van der Waals surface area contributed by atoms with E-state index in [9.17, 15) is 19.5 Å². The van der Waals surface area contributed by atoms with Gasteiger partial charge in [0, 0.05) is 6.42 Å². The molecule has 2 rings (SSSR count). The summed E-state index contributed by atoms with van der Waals surface area (Å²) in [6, 6.07) is 3.87. The number of nitrogens with zero attached hydrogens (tertiary/aromatic N) is 1. The second kappa shape index (κ2) is 10.4. The maximum absolute atomic E-state index is 12.8. The highest BCUT2D eigenvalue weighted by Gasteiger charge is 2.40. The Morgan fingerprint density at radius 2 is 1.97 bits per heavy atom. The number of aliphatic carboxylic acids is 2. The van der Waals surface area contributed by atoms with Crippen LogP contribution in [0.3, 0.4) is 0 Å². The van der Waals surface area contributed by atoms with E-state index in [0.717, 1.165) is 16.7 Å². The first-order valence-corrected chi connectivity index (χ1v) is 10.4. The van der Waals surface area contributed by atoms with Crippen LogP contribution in [-0.2, 0) is 14.4 Å². The van der Waals surface area contributed by atoms with Crippen molar-refractivity contribution in [2.75, 3.05) is 13.7 Å². The predicted octanol–water partition coefficient (Wildman–Crippen LogP) is 3.25. The number of ether oxygens (including phenoxy) is 2. The molecule has 1 aromatic rings. The Labute approximate surface area is 183 Å². The zero-order chi connectivity index (χ0) is 22.4. The number of carboxylic acid groups (broad SMARTS) is 2. The minimum atomic E-state index is -1.33. The highest BCUT2D eigenvalue weighted by molar-refractivity contribution is 8.26. The highest BCUT2D eigenvalue weighted by atomic mass is 32.2. The average Bonchev–Trinajstić information content (AvgIpc) is 2.94. The Morgan fingerprint density at radius 3 is 2.53 bits per heavy atom. The summed E-state index contributed by atoms with van der Waals surface area (Å²) in [5.41, 5.74) is 0.654. The van der Waals surface area contributed by atoms with Gasteiger partial charge in [-0.05, 0) is 36.1 Å². The fraction of sp³-hybridized carbons (Fsp3) is 0.400. The molecule has 0 radical (unpaired) electrons. The highest BCUT2D eigenvalue weighted by Crippen LogP contribution is 2.36. The third-order valence-corrected chi connectivity index (χ3v) is 5.44. The Bertz CT molecular complexity index is 882. The molecule has 0 saturated carbocycles. The molecule has 1 saturated heterocycles. The lowest BCUT2D eigenvalue weighted by Crippen LogP contribution is -2.44. The van der Waals surface area contributed by atoms with Crippen molar-refractivity contribution in [2.24, 2.45) is 5.92 Å². The van der Waals surface area contributed by atoms with Crippen LogP contribution in [0.25, 0.3) is 6.08 Å². The summed E-state index contributed by atoms with van der Waals surface area (Å²) in [6.07, 6.45) is 0.965. The number of hydrogen-bond acceptors (Lipinski definition) is 7. The fourth-order valence-electron chi connectivity index (χ4n) is 2.67. The van der Waals surface area contributed by atoms with Crippen LogP contribution in [0.5, 0.6) is 11.5 Å². The van der Waals surface area contributed by atoms with E-state index >= 15 is 0 Å². The standard InChI is InChI=1S/C20H23NO7S2/c1-11(2)10-28-14-6-4-12(8-15(14)27-3)9-16-18(24)21(20(29)30-16)13(19(25)26)5-7-17(22)23/h4,6,8-9,11,13H,5,7,10H2,1-3H3,(H,22,23)(H,25,26)/b16-9-. The Morgan fingerprint density at radius 1 is 1.27 bits per heavy atom. The van der Waals surface area contributed by atoms with Crippen molar-refractivity contribution in [3.8, 4) is 11.5 Å². The molecule has 162 valence electrons. The number of carboxylic acids is 2. The van der Waals surface area contributed by atoms with Gasteiger partial charge in [0.1, 0.15) is 10.4 Å². The van der Waals surface area contributed by atoms with Crippen molar-refractivity contribution in [3.05, 3.63) is 28.7 Å². The van der Waals surface area contributed by atoms with Crippen LogP contribution in [0.2, 0.25) is 0 Å². The number of carbonyl (C=O) groups excluding carboxylic acids is 1. The van der Waals surface area contributed by atoms with E-state index in [2.05, 4.69) is 0 Å². The molecule has 8 nitrogen and oxygen atoms in total. The maximum Gasteiger partial charge on any atom is 0.326 e. The van der Waals surface area contributed by atoms with Gasteiger partial charge in [-0.1, -0.05) is 43.9 Å². The molecule has 1 amide bonds. The minimum absolute atomic E-state index is 0.0768. The number of thiocarbonyl (C=S) groups is 1. The summed E-state index contributed by atoms with van der Waals surface area (Å²) in [7, 11) is 1.51. The van der Waals surface area contributed by atoms with Gasteiger partial charge in [0.15, 0.2) is 11.5 Å². The van der Waals surface area contributed by atoms with Crippen LogP contribution in [0.4, 0.5) is 0 Å². The molecular weight excluding hydrogens is 430 g/mol. The summed E-state index contributed by atoms with van der Waals surface area (Å²) < 4.78 is 11.2. The van der Waals surface area contributed by atoms with Crippen molar-refractivity contribution in [1.29, 1.82) is 0 Å². The summed E-state index contributed by atoms with van der Waals surface area (Å²) in [6.45, 7) is 4.59. The molecule has 1 aliphatic heterocycles. The Balaban J connectivity index is 2.25. The van der Waals surface area contributed by atoms with Gasteiger partial charge in [-0.2, -0.15) is 0 Å². The van der Waals surface area contributed by atoms with Crippen molar-refractivity contribution in [2.45, 2.75) is 32.7 Å². The Kier molecular flexibility index (Phi) is 8.24. The van der Waals surface area contributed by atoms with Gasteiger partial charge in [0.05, 0.1) is 18.6 Å². The van der Waals surface area contributed by atoms with Gasteiger partial charge in [-0.25, -0.2) is 4.79 Å². The van der Waals surface area contributed by atoms with Gasteiger partial charge in [0.25, 0.3) is 5.91 Å². The summed E-state index contributed by atoms with van der Waals surface area (Å²) >= 11 is 6.16. The van der Waals surface area contributed by atoms with Gasteiger partial charge in [0.2, 0.25) is 0 Å². The van der Waals surface area contributed by atoms with Crippen molar-refractivity contribution in [1.82, 2.24) is 4.90 Å². The number of carbonyl (C=O) groups is 3. The topological polar surface area (TPSA) is 113 Å². The van der Waals surface area contributed by atoms with E-state index in [1.165, 1.54) is 7.11 Å². The summed E-state index contributed by atoms with van der Waals surface area (Å²) in [4.78, 5) is 36.4. The second-order valence-electron chi connectivity index (χ2n) is 6.95. The summed E-state index contributed by atoms with van der Waals surface area (Å²) in [5, 5.41) is 18.3. The van der Waals surface area contributed by atoms with Gasteiger partial charge < -0.3 is 19.7 Å². The average molecular weight is 454 g/mol. The van der Waals surface area contributed by atoms with Crippen LogP contribution in [0.15, 0.2) is 23.1 Å². The zero-order valence-electron chi connectivity index (χ0n) is 16.8. The molecular formula is C20H23NO7S2. The molecule has 10 heteroatoms. The van der Waals surface area contributed by atoms with Crippen molar-refractivity contribution in [3.63, 3.8) is 0 Å². The molecule has 0 aromatic heterocycles. The van der Waals surface area contributed by atoms with Crippen LogP contribution in [-0.4, -0.2) is 57.0 Å². The molecule has 30 heavy (non-hydrogen) atoms. The SMILES string of the molecule is COc1cc(/C=C2\SC(=S)N(C(CCC(=O)O)C(=O)O)C2=O)ccc1OCC(C)C. The van der Waals surface area contributed by atoms with E-state index in [4.69, 9.17) is 26.8 Å². The molecule has 1 fully saturated rings. The molecule has 1 unspecified atom stereocenters. The van der Waals surface area contributed by atoms with E-state index in [1.54, 1.807) is 24.3 Å². The zero-order valence-corrected chi connectivity index (χ0v) is 18.4. The monoisotopic (exact) mass is 453 g/mol. The second-order valence-corrected chi connectivity index (χ2v) is 8.63. The number of thioether (sulfide) groups is 1. The molecule has 1 aromatic carbocycles. The number of hydrogen-bond donors (Lipinski definition) is 2. The quantitative estimate of drug-likeness (QED) is 0.407. The van der Waals surface area contributed by atoms with Crippen molar-refractivity contribution >= 4 is 52.2 Å². The number of rotatable bonds is 10. The number of benzene rings is 1. The number of amides is 1. The first kappa shape index (κ1) is 23.7. The molecule has 1 atom stereocenters. The van der Waals surface area contributed by atoms with Gasteiger partial charge in [-0.3, -0.25) is 14.5 Å². The largest absolute Gasteiger partial charge is 0.493 e. The lowest BCUT2D eigenvalue weighted by atomic mass is 10.1. The van der Waals surface area contributed by atoms with Crippen molar-refractivity contribution < 1.29 is 34.1 Å². The fourth-order valence-corrected chi connectivity index (χ4v) is 4.03. The molecule has 0 bridgehead atoms. The lowest BCUT2D eigenvalue weighted by Gasteiger charge is -2.22. The smallest absolute Gasteiger partial charge is 0.326 e. The Hall–Kier alpha value is -2.59. The lowest BCUT2D eigenvalue weighted by molar-refractivity contribution is -0.146. The first-order valence-electron chi connectivity index (χ1n) is 9.16. The third-order valence-electron chi connectivity index (χ3n) is 4.11. The van der Waals surface area contributed by atoms with Crippen LogP contribution in [0, 0.1) is 5.92 Å². The maximum atomic E-state index is 12.8. The normalized spacial score (nSPS) is 16.3. The van der Waals surface area contributed by atoms with Crippen LogP contribution >= 0.6 is 24.0 Å². The molecule has 0 spiro atoms. The third kappa shape index (κ3) is 5.96. The molecule has 1 heterocycles. The van der Waals surface area contributed by atoms with Gasteiger partial charge in [-0.15, -0.1) is 0 Å². The summed E-state index contributed by atoms with van der Waals surface area (Å²) in [5.74, 6) is -1.59. The minimum Gasteiger partial charge on any atom is -0.493 e. The predicted molar refractivity (Wildman–Crippen MR) is 117 cm³/mol. The first-order chi connectivity index (χ1) is 14.1. The van der Waals surface area contributed by atoms with E-state index in [0.29, 0.717) is 29.6 Å². The van der Waals surface area contributed by atoms with E-state index < -0.39 is 23.9 Å². The molecule has 0 aliphatic carbocycles. The van der Waals surface area contributed by atoms with E-state index in [-0.39, 0.29) is 22.1 Å². The molecule has 1 aliphatic rings. The molecule has 2 N–H and O–H groups in total.